The van der Waals surface area contributed by atoms with Crippen molar-refractivity contribution >= 4 is 5.97 Å². The highest BCUT2D eigenvalue weighted by molar-refractivity contribution is 5.82. The number of hydrogen-bond donors (Lipinski definition) is 2. The van der Waals surface area contributed by atoms with Crippen molar-refractivity contribution in [3.63, 3.8) is 0 Å². The Kier molecular flexibility index (Phi) is 3.66. The Morgan fingerprint density at radius 2 is 2.05 bits per heavy atom. The maximum absolute atomic E-state index is 11.7. The van der Waals surface area contributed by atoms with Crippen LogP contribution in [-0.4, -0.2) is 27.4 Å². The first-order valence-corrected chi connectivity index (χ1v) is 6.06. The molecule has 0 amide bonds. The van der Waals surface area contributed by atoms with E-state index in [1.165, 1.54) is 0 Å². The van der Waals surface area contributed by atoms with Crippen molar-refractivity contribution in [3.8, 4) is 0 Å². The molecule has 0 aliphatic rings. The molecule has 0 aliphatic heterocycles. The van der Waals surface area contributed by atoms with Gasteiger partial charge in [0.25, 0.3) is 0 Å². The fraction of sp³-hybridized carbons (Fsp3) is 0.286. The van der Waals surface area contributed by atoms with Crippen molar-refractivity contribution in [3.05, 3.63) is 53.9 Å². The molecule has 5 heteroatoms. The lowest BCUT2D eigenvalue weighted by Gasteiger charge is -2.27. The van der Waals surface area contributed by atoms with Gasteiger partial charge in [-0.15, -0.1) is 0 Å². The molecule has 2 aromatic rings. The molecule has 0 saturated carbocycles. The molecule has 0 fully saturated rings. The summed E-state index contributed by atoms with van der Waals surface area (Å²) in [6.07, 6.45) is 2.08. The summed E-state index contributed by atoms with van der Waals surface area (Å²) >= 11 is 0. The molecule has 0 aliphatic carbocycles. The molecule has 0 spiro atoms. The van der Waals surface area contributed by atoms with Crippen LogP contribution in [0.4, 0.5) is 0 Å². The molecule has 2 rings (SSSR count). The minimum absolute atomic E-state index is 0.0307. The third-order valence-electron chi connectivity index (χ3n) is 3.34. The summed E-state index contributed by atoms with van der Waals surface area (Å²) in [5, 5.41) is 13.9. The van der Waals surface area contributed by atoms with Crippen LogP contribution >= 0.6 is 0 Å². The van der Waals surface area contributed by atoms with Crippen LogP contribution in [-0.2, 0) is 23.7 Å². The molecule has 5 nitrogen and oxygen atoms in total. The van der Waals surface area contributed by atoms with Crippen molar-refractivity contribution in [2.24, 2.45) is 12.8 Å². The Morgan fingerprint density at radius 3 is 2.53 bits per heavy atom. The van der Waals surface area contributed by atoms with Crippen LogP contribution in [0.15, 0.2) is 42.6 Å². The summed E-state index contributed by atoms with van der Waals surface area (Å²) in [7, 11) is 1.80. The lowest BCUT2D eigenvalue weighted by atomic mass is 9.76. The second-order valence-corrected chi connectivity index (χ2v) is 4.61. The van der Waals surface area contributed by atoms with E-state index in [1.54, 1.807) is 30.1 Å². The summed E-state index contributed by atoms with van der Waals surface area (Å²) in [5.41, 5.74) is 6.08. The Balaban J connectivity index is 2.43. The van der Waals surface area contributed by atoms with Gasteiger partial charge in [-0.05, 0) is 11.6 Å². The van der Waals surface area contributed by atoms with E-state index in [4.69, 9.17) is 5.73 Å². The Hall–Kier alpha value is -2.14. The van der Waals surface area contributed by atoms with E-state index < -0.39 is 11.4 Å². The van der Waals surface area contributed by atoms with Crippen molar-refractivity contribution in [1.82, 2.24) is 9.78 Å². The first-order chi connectivity index (χ1) is 9.08. The zero-order valence-corrected chi connectivity index (χ0v) is 10.8. The minimum Gasteiger partial charge on any atom is -0.481 e. The minimum atomic E-state index is -1.13. The summed E-state index contributed by atoms with van der Waals surface area (Å²) in [6, 6.07) is 10.9. The summed E-state index contributed by atoms with van der Waals surface area (Å²) in [5.74, 6) is -0.924. The first kappa shape index (κ1) is 13.3. The molecule has 100 valence electrons. The second-order valence-electron chi connectivity index (χ2n) is 4.61. The van der Waals surface area contributed by atoms with Crippen LogP contribution in [0.2, 0.25) is 0 Å². The van der Waals surface area contributed by atoms with Crippen LogP contribution < -0.4 is 5.73 Å². The van der Waals surface area contributed by atoms with Gasteiger partial charge in [0.1, 0.15) is 5.41 Å². The monoisotopic (exact) mass is 259 g/mol. The molecular weight excluding hydrogens is 242 g/mol. The van der Waals surface area contributed by atoms with Gasteiger partial charge in [0.2, 0.25) is 0 Å². The third-order valence-corrected chi connectivity index (χ3v) is 3.34. The number of nitrogens with zero attached hydrogens (tertiary/aromatic N) is 2. The van der Waals surface area contributed by atoms with Crippen molar-refractivity contribution in [2.75, 3.05) is 6.54 Å². The summed E-state index contributed by atoms with van der Waals surface area (Å²) < 4.78 is 1.66. The molecule has 1 heterocycles. The van der Waals surface area contributed by atoms with Crippen molar-refractivity contribution in [2.45, 2.75) is 11.8 Å². The molecule has 1 unspecified atom stereocenters. The van der Waals surface area contributed by atoms with E-state index in [0.717, 1.165) is 5.69 Å². The highest BCUT2D eigenvalue weighted by atomic mass is 16.4. The van der Waals surface area contributed by atoms with Gasteiger partial charge in [-0.2, -0.15) is 5.10 Å². The van der Waals surface area contributed by atoms with E-state index in [1.807, 2.05) is 24.3 Å². The number of aryl methyl sites for hydroxylation is 1. The molecule has 1 aromatic carbocycles. The van der Waals surface area contributed by atoms with Gasteiger partial charge < -0.3 is 10.8 Å². The van der Waals surface area contributed by atoms with E-state index in [9.17, 15) is 9.90 Å². The predicted molar refractivity (Wildman–Crippen MR) is 71.7 cm³/mol. The quantitative estimate of drug-likeness (QED) is 0.837. The molecule has 19 heavy (non-hydrogen) atoms. The molecule has 0 bridgehead atoms. The fourth-order valence-electron chi connectivity index (χ4n) is 2.20. The third kappa shape index (κ3) is 2.51. The zero-order valence-electron chi connectivity index (χ0n) is 10.8. The standard InChI is InChI=1S/C14H17N3O2/c1-17-8-7-12(16-17)9-14(10-15,13(18)19)11-5-3-2-4-6-11/h2-8H,9-10,15H2,1H3,(H,18,19). The van der Waals surface area contributed by atoms with Crippen molar-refractivity contribution < 1.29 is 9.90 Å². The second kappa shape index (κ2) is 5.24. The average Bonchev–Trinajstić information content (AvgIpc) is 2.82. The van der Waals surface area contributed by atoms with Gasteiger partial charge in [0.05, 0.1) is 5.69 Å². The lowest BCUT2D eigenvalue weighted by molar-refractivity contribution is -0.143. The van der Waals surface area contributed by atoms with Gasteiger partial charge in [0, 0.05) is 26.2 Å². The molecule has 1 atom stereocenters. The molecule has 0 radical (unpaired) electrons. The highest BCUT2D eigenvalue weighted by Gasteiger charge is 2.39. The molecule has 1 aromatic heterocycles. The number of aliphatic carboxylic acids is 1. The SMILES string of the molecule is Cn1ccc(CC(CN)(C(=O)O)c2ccccc2)n1. The number of benzene rings is 1. The van der Waals surface area contributed by atoms with Gasteiger partial charge in [-0.1, -0.05) is 30.3 Å². The van der Waals surface area contributed by atoms with Gasteiger partial charge in [0.15, 0.2) is 0 Å². The van der Waals surface area contributed by atoms with Gasteiger partial charge in [-0.3, -0.25) is 9.48 Å². The smallest absolute Gasteiger partial charge is 0.315 e. The maximum Gasteiger partial charge on any atom is 0.315 e. The van der Waals surface area contributed by atoms with E-state index in [-0.39, 0.29) is 13.0 Å². The number of hydrogen-bond acceptors (Lipinski definition) is 3. The number of rotatable bonds is 5. The Bertz CT molecular complexity index is 565. The first-order valence-electron chi connectivity index (χ1n) is 6.06. The van der Waals surface area contributed by atoms with E-state index in [0.29, 0.717) is 5.56 Å². The number of carboxylic acids is 1. The number of carbonyl (C=O) groups is 1. The number of nitrogens with two attached hydrogens (primary N) is 1. The topological polar surface area (TPSA) is 81.1 Å². The van der Waals surface area contributed by atoms with E-state index in [2.05, 4.69) is 5.10 Å². The zero-order chi connectivity index (χ0) is 13.9. The molecule has 3 N–H and O–H groups in total. The van der Waals surface area contributed by atoms with Crippen LogP contribution in [0, 0.1) is 0 Å². The Morgan fingerprint density at radius 1 is 1.37 bits per heavy atom. The maximum atomic E-state index is 11.7. The van der Waals surface area contributed by atoms with Crippen LogP contribution in [0.5, 0.6) is 0 Å². The van der Waals surface area contributed by atoms with Crippen LogP contribution in [0.3, 0.4) is 0 Å². The largest absolute Gasteiger partial charge is 0.481 e. The molecular formula is C14H17N3O2. The summed E-state index contributed by atoms with van der Waals surface area (Å²) in [4.78, 5) is 11.7. The summed E-state index contributed by atoms with van der Waals surface area (Å²) in [6.45, 7) is 0.0307. The average molecular weight is 259 g/mol. The molecule has 0 saturated heterocycles. The van der Waals surface area contributed by atoms with E-state index >= 15 is 0 Å². The fourth-order valence-corrected chi connectivity index (χ4v) is 2.20. The normalized spacial score (nSPS) is 14.0. The van der Waals surface area contributed by atoms with Gasteiger partial charge in [-0.25, -0.2) is 0 Å². The van der Waals surface area contributed by atoms with Gasteiger partial charge >= 0.3 is 5.97 Å². The van der Waals surface area contributed by atoms with Crippen molar-refractivity contribution in [1.29, 1.82) is 0 Å². The van der Waals surface area contributed by atoms with Crippen LogP contribution in [0.1, 0.15) is 11.3 Å². The number of carboxylic acid groups (broad SMARTS) is 1. The number of aromatic nitrogens is 2. The van der Waals surface area contributed by atoms with Crippen LogP contribution in [0.25, 0.3) is 0 Å². The predicted octanol–water partition coefficient (Wildman–Crippen LogP) is 0.944. The Labute approximate surface area is 111 Å². The lowest BCUT2D eigenvalue weighted by Crippen LogP contribution is -2.45. The highest BCUT2D eigenvalue weighted by Crippen LogP contribution is 2.27.